The quantitative estimate of drug-likeness (QED) is 0.0879. The molecule has 1 rings (SSSR count). The minimum Gasteiger partial charge on any atom is -0.459 e. The standard InChI is InChI=1S/C56H106O8Si4/c1-20-65(21-2,22-3)61-51-42-52(58)54(63-67(26-7,27-8)28-9)53(62-66(23-4,24-5)25-6)47(16)41-49(18)60-55(59)46(15)36-32-33-37-50(57)38-34-35-44(13)39-45(14)40-48(17)56(19,43-51)64-68(29-10,30-11)31-12/h34,36,38,40,44,47,49,51,53-54H,14,20-33,35,37,39,41-43H2,1-13,15-19H3/b38-34+,46-36+,48-40+/t44-,47+,49-,51+,53-,54-,56+/m0/s1. The summed E-state index contributed by atoms with van der Waals surface area (Å²) in [6.45, 7) is 44.2. The summed E-state index contributed by atoms with van der Waals surface area (Å²) in [6, 6.07) is 11.4. The predicted octanol–water partition coefficient (Wildman–Crippen LogP) is 16.4. The molecule has 0 radical (unpaired) electrons. The van der Waals surface area contributed by atoms with Gasteiger partial charge in [0, 0.05) is 24.8 Å². The molecule has 12 heteroatoms. The lowest BCUT2D eigenvalue weighted by Crippen LogP contribution is -2.55. The molecule has 7 atom stereocenters. The lowest BCUT2D eigenvalue weighted by molar-refractivity contribution is -0.146. The highest BCUT2D eigenvalue weighted by Crippen LogP contribution is 2.40. The van der Waals surface area contributed by atoms with Crippen LogP contribution in [0.15, 0.2) is 47.6 Å². The molecule has 0 unspecified atom stereocenters. The molecule has 8 nitrogen and oxygen atoms in total. The highest BCUT2D eigenvalue weighted by molar-refractivity contribution is 6.75. The second-order valence-corrected chi connectivity index (χ2v) is 40.0. The molecule has 1 heterocycles. The Balaban J connectivity index is 4.40. The van der Waals surface area contributed by atoms with Crippen molar-refractivity contribution in [3.8, 4) is 0 Å². The Hall–Kier alpha value is -1.52. The van der Waals surface area contributed by atoms with E-state index >= 15 is 4.79 Å². The van der Waals surface area contributed by atoms with Gasteiger partial charge in [-0.2, -0.15) is 0 Å². The van der Waals surface area contributed by atoms with Gasteiger partial charge in [-0.05, 0) is 156 Å². The van der Waals surface area contributed by atoms with Crippen molar-refractivity contribution in [2.24, 2.45) is 11.8 Å². The Morgan fingerprint density at radius 2 is 1.18 bits per heavy atom. The summed E-state index contributed by atoms with van der Waals surface area (Å²) >= 11 is 0. The molecular weight excluding hydrogens is 913 g/mol. The summed E-state index contributed by atoms with van der Waals surface area (Å²) in [5.74, 6) is -0.0744. The van der Waals surface area contributed by atoms with E-state index in [9.17, 15) is 9.59 Å². The topological polar surface area (TPSA) is 97.4 Å². The molecule has 0 bridgehead atoms. The number of hydrogen-bond donors (Lipinski definition) is 0. The highest BCUT2D eigenvalue weighted by atomic mass is 28.4. The number of ketones is 2. The summed E-state index contributed by atoms with van der Waals surface area (Å²) in [6.07, 6.45) is 10.2. The number of allylic oxidation sites excluding steroid dienone is 5. The van der Waals surface area contributed by atoms with Crippen LogP contribution in [0.2, 0.25) is 72.5 Å². The van der Waals surface area contributed by atoms with Crippen LogP contribution in [0.25, 0.3) is 0 Å². The SMILES string of the molecule is C=C1/C=C(\C)[C@](C)(O[Si](CC)(CC)CC)C[C@H](O[Si](CC)(CC)CC)CC(=O)[C@H](O[Si](CC)(CC)CC)[C@@H](O[Si](CC)(CC)CC)[C@H](C)C[C@H](C)OC(=O)/C(C)=C/CCCC(=O)/C=C/C[C@H](C)C1. The van der Waals surface area contributed by atoms with Crippen LogP contribution in [0.5, 0.6) is 0 Å². The van der Waals surface area contributed by atoms with Crippen molar-refractivity contribution in [3.05, 3.63) is 47.6 Å². The molecule has 0 fully saturated rings. The zero-order chi connectivity index (χ0) is 51.9. The molecule has 0 spiro atoms. The molecule has 1 aliphatic rings. The van der Waals surface area contributed by atoms with Crippen molar-refractivity contribution in [2.75, 3.05) is 0 Å². The average molecular weight is 1020 g/mol. The average Bonchev–Trinajstić information content (AvgIpc) is 3.32. The first-order valence-corrected chi connectivity index (χ1v) is 37.8. The van der Waals surface area contributed by atoms with Gasteiger partial charge >= 0.3 is 5.97 Å². The zero-order valence-corrected chi connectivity index (χ0v) is 51.4. The smallest absolute Gasteiger partial charge is 0.333 e. The number of cyclic esters (lactones) is 1. The Labute approximate surface area is 423 Å². The van der Waals surface area contributed by atoms with E-state index in [2.05, 4.69) is 123 Å². The van der Waals surface area contributed by atoms with Crippen LogP contribution in [0, 0.1) is 11.8 Å². The second-order valence-electron chi connectivity index (χ2n) is 21.2. The first-order valence-electron chi connectivity index (χ1n) is 27.7. The summed E-state index contributed by atoms with van der Waals surface area (Å²) in [7, 11) is -9.19. The first kappa shape index (κ1) is 64.5. The Bertz CT molecular complexity index is 1590. The van der Waals surface area contributed by atoms with Crippen LogP contribution in [0.4, 0.5) is 0 Å². The van der Waals surface area contributed by atoms with Gasteiger partial charge in [0.15, 0.2) is 44.8 Å². The van der Waals surface area contributed by atoms with E-state index in [1.54, 1.807) is 13.0 Å². The maximum absolute atomic E-state index is 16.0. The van der Waals surface area contributed by atoms with E-state index < -0.39 is 63.3 Å². The fraction of sp³-hybridized carbons (Fsp3) is 0.804. The molecule has 0 aromatic rings. The minimum absolute atomic E-state index is 0.0556. The van der Waals surface area contributed by atoms with Crippen molar-refractivity contribution in [2.45, 2.75) is 279 Å². The molecule has 1 aliphatic heterocycles. The maximum atomic E-state index is 16.0. The third-order valence-electron chi connectivity index (χ3n) is 16.7. The van der Waals surface area contributed by atoms with Crippen LogP contribution in [0.3, 0.4) is 0 Å². The van der Waals surface area contributed by atoms with E-state index in [0.29, 0.717) is 37.7 Å². The molecule has 0 amide bonds. The van der Waals surface area contributed by atoms with Crippen LogP contribution in [-0.4, -0.2) is 80.8 Å². The third kappa shape index (κ3) is 19.5. The van der Waals surface area contributed by atoms with Gasteiger partial charge in [-0.3, -0.25) is 9.59 Å². The van der Waals surface area contributed by atoms with Crippen molar-refractivity contribution in [3.63, 3.8) is 0 Å². The number of carbonyl (C=O) groups is 3. The number of hydrogen-bond acceptors (Lipinski definition) is 8. The first-order chi connectivity index (χ1) is 32.0. The molecule has 0 saturated heterocycles. The van der Waals surface area contributed by atoms with Crippen molar-refractivity contribution >= 4 is 50.8 Å². The van der Waals surface area contributed by atoms with Gasteiger partial charge in [0.25, 0.3) is 0 Å². The number of carbonyl (C=O) groups excluding carboxylic acids is 3. The van der Waals surface area contributed by atoms with Gasteiger partial charge in [0.05, 0.1) is 23.9 Å². The third-order valence-corrected chi connectivity index (χ3v) is 35.4. The van der Waals surface area contributed by atoms with Gasteiger partial charge in [0.2, 0.25) is 0 Å². The summed E-state index contributed by atoms with van der Waals surface area (Å²) in [5, 5.41) is 0. The lowest BCUT2D eigenvalue weighted by Gasteiger charge is -2.45. The largest absolute Gasteiger partial charge is 0.459 e. The summed E-state index contributed by atoms with van der Waals surface area (Å²) in [5.41, 5.74) is 1.97. The zero-order valence-electron chi connectivity index (χ0n) is 47.4. The van der Waals surface area contributed by atoms with E-state index in [1.807, 2.05) is 19.1 Å². The fourth-order valence-electron chi connectivity index (χ4n) is 10.6. The van der Waals surface area contributed by atoms with Crippen molar-refractivity contribution in [1.82, 2.24) is 0 Å². The molecule has 68 heavy (non-hydrogen) atoms. The molecule has 0 aromatic heterocycles. The van der Waals surface area contributed by atoms with Crippen LogP contribution in [-0.2, 0) is 36.8 Å². The van der Waals surface area contributed by atoms with Crippen LogP contribution in [0.1, 0.15) is 176 Å². The Morgan fingerprint density at radius 1 is 0.691 bits per heavy atom. The van der Waals surface area contributed by atoms with Gasteiger partial charge < -0.3 is 22.4 Å². The predicted molar refractivity (Wildman–Crippen MR) is 300 cm³/mol. The Kier molecular flexibility index (Phi) is 29.5. The fourth-order valence-corrected chi connectivity index (χ4v) is 22.3. The van der Waals surface area contributed by atoms with Crippen LogP contribution < -0.4 is 0 Å². The van der Waals surface area contributed by atoms with E-state index in [4.69, 9.17) is 22.4 Å². The molecule has 0 aliphatic carbocycles. The van der Waals surface area contributed by atoms with E-state index in [1.165, 1.54) is 0 Å². The number of ether oxygens (including phenoxy) is 1. The lowest BCUT2D eigenvalue weighted by atomic mass is 9.85. The van der Waals surface area contributed by atoms with Gasteiger partial charge in [-0.15, -0.1) is 0 Å². The molecular formula is C56H106O8Si4. The van der Waals surface area contributed by atoms with Gasteiger partial charge in [-0.1, -0.05) is 127 Å². The van der Waals surface area contributed by atoms with E-state index in [0.717, 1.165) is 96.5 Å². The molecule has 0 N–H and O–H groups in total. The van der Waals surface area contributed by atoms with Crippen molar-refractivity contribution in [1.29, 1.82) is 0 Å². The highest BCUT2D eigenvalue weighted by Gasteiger charge is 2.48. The second kappa shape index (κ2) is 31.2. The molecule has 0 saturated carbocycles. The minimum atomic E-state index is -2.40. The van der Waals surface area contributed by atoms with Gasteiger partial charge in [-0.25, -0.2) is 4.79 Å². The number of rotatable bonds is 20. The maximum Gasteiger partial charge on any atom is 0.333 e. The molecule has 394 valence electrons. The van der Waals surface area contributed by atoms with Crippen LogP contribution >= 0.6 is 0 Å². The van der Waals surface area contributed by atoms with Gasteiger partial charge in [0.1, 0.15) is 6.10 Å². The number of Topliss-reactive ketones (excluding diaryl/α,β-unsaturated/α-hetero) is 1. The Morgan fingerprint density at radius 3 is 1.68 bits per heavy atom. The number of esters is 1. The molecule has 0 aromatic carbocycles. The monoisotopic (exact) mass is 1020 g/mol. The van der Waals surface area contributed by atoms with E-state index in [-0.39, 0.29) is 35.8 Å². The van der Waals surface area contributed by atoms with Crippen molar-refractivity contribution < 1.29 is 36.8 Å². The summed E-state index contributed by atoms with van der Waals surface area (Å²) < 4.78 is 36.6. The normalized spacial score (nSPS) is 28.1. The summed E-state index contributed by atoms with van der Waals surface area (Å²) in [4.78, 5) is 42.4.